The fourth-order valence-electron chi connectivity index (χ4n) is 2.91. The predicted octanol–water partition coefficient (Wildman–Crippen LogP) is 2.62. The molecule has 1 saturated carbocycles. The van der Waals surface area contributed by atoms with E-state index >= 15 is 0 Å². The Balaban J connectivity index is 0.00000176. The van der Waals surface area contributed by atoms with Crippen molar-refractivity contribution < 1.29 is 4.79 Å². The number of hydrogen-bond acceptors (Lipinski definition) is 2. The molecule has 2 atom stereocenters. The Kier molecular flexibility index (Phi) is 4.83. The van der Waals surface area contributed by atoms with Gasteiger partial charge in [-0.3, -0.25) is 4.79 Å². The Bertz CT molecular complexity index is 665. The van der Waals surface area contributed by atoms with Gasteiger partial charge in [-0.25, -0.2) is 0 Å². The van der Waals surface area contributed by atoms with E-state index in [1.165, 1.54) is 6.42 Å². The van der Waals surface area contributed by atoms with Gasteiger partial charge in [-0.1, -0.05) is 32.0 Å². The van der Waals surface area contributed by atoms with Gasteiger partial charge in [0.15, 0.2) is 0 Å². The van der Waals surface area contributed by atoms with E-state index in [4.69, 9.17) is 5.73 Å². The summed E-state index contributed by atoms with van der Waals surface area (Å²) in [5, 5.41) is 4.13. The van der Waals surface area contributed by atoms with Crippen molar-refractivity contribution in [2.24, 2.45) is 17.1 Å². The minimum Gasteiger partial charge on any atom is -0.361 e. The maximum absolute atomic E-state index is 12.1. The zero-order valence-electron chi connectivity index (χ0n) is 13.1. The van der Waals surface area contributed by atoms with E-state index in [1.54, 1.807) is 0 Å². The molecular formula is C17H24ClN3O. The first kappa shape index (κ1) is 16.8. The largest absolute Gasteiger partial charge is 0.361 e. The normalized spacial score (nSPS) is 20.2. The van der Waals surface area contributed by atoms with Crippen LogP contribution in [0.5, 0.6) is 0 Å². The van der Waals surface area contributed by atoms with E-state index in [0.717, 1.165) is 23.0 Å². The number of halogens is 1. The van der Waals surface area contributed by atoms with Crippen molar-refractivity contribution in [3.05, 3.63) is 36.0 Å². The number of H-pyrrole nitrogens is 1. The molecule has 1 heterocycles. The molecule has 2 aromatic rings. The minimum atomic E-state index is -0.494. The van der Waals surface area contributed by atoms with E-state index in [0.29, 0.717) is 17.8 Å². The molecule has 0 aliphatic heterocycles. The highest BCUT2D eigenvalue weighted by Crippen LogP contribution is 2.50. The molecule has 1 aliphatic carbocycles. The number of benzene rings is 1. The van der Waals surface area contributed by atoms with Crippen molar-refractivity contribution in [3.8, 4) is 0 Å². The third-order valence-corrected chi connectivity index (χ3v) is 4.69. The van der Waals surface area contributed by atoms with Crippen LogP contribution in [0.2, 0.25) is 0 Å². The highest BCUT2D eigenvalue weighted by molar-refractivity contribution is 5.86. The molecule has 1 aromatic carbocycles. The molecular weight excluding hydrogens is 298 g/mol. The Morgan fingerprint density at radius 3 is 2.82 bits per heavy atom. The Labute approximate surface area is 137 Å². The Hall–Kier alpha value is -1.52. The molecule has 1 unspecified atom stereocenters. The van der Waals surface area contributed by atoms with E-state index in [2.05, 4.69) is 30.2 Å². The van der Waals surface area contributed by atoms with Crippen LogP contribution < -0.4 is 11.1 Å². The second kappa shape index (κ2) is 6.31. The van der Waals surface area contributed by atoms with Crippen molar-refractivity contribution >= 4 is 29.2 Å². The lowest BCUT2D eigenvalue weighted by Gasteiger charge is -2.12. The van der Waals surface area contributed by atoms with Gasteiger partial charge < -0.3 is 16.0 Å². The quantitative estimate of drug-likeness (QED) is 0.792. The van der Waals surface area contributed by atoms with Gasteiger partial charge in [-0.15, -0.1) is 12.4 Å². The molecule has 0 spiro atoms. The van der Waals surface area contributed by atoms with Gasteiger partial charge in [0.05, 0.1) is 6.04 Å². The molecule has 1 amide bonds. The number of carbonyl (C=O) groups is 1. The zero-order chi connectivity index (χ0) is 15.0. The standard InChI is InChI=1S/C17H23N3O.ClH/c1-17(2)8-12(17)10-20-16(21)14(18)7-11-9-19-15-6-4-3-5-13(11)15;/h3-6,9,12,14,19H,7-8,10,18H2,1-2H3,(H,20,21);1H/t12?,14-;/m0./s1. The van der Waals surface area contributed by atoms with Gasteiger partial charge in [-0.2, -0.15) is 0 Å². The van der Waals surface area contributed by atoms with Crippen LogP contribution in [0.1, 0.15) is 25.8 Å². The van der Waals surface area contributed by atoms with Gasteiger partial charge in [0, 0.05) is 23.6 Å². The van der Waals surface area contributed by atoms with Crippen molar-refractivity contribution in [3.63, 3.8) is 0 Å². The molecule has 120 valence electrons. The van der Waals surface area contributed by atoms with Crippen LogP contribution in [0.3, 0.4) is 0 Å². The average molecular weight is 322 g/mol. The number of hydrogen-bond donors (Lipinski definition) is 3. The zero-order valence-corrected chi connectivity index (χ0v) is 13.9. The second-order valence-corrected chi connectivity index (χ2v) is 6.80. The molecule has 0 radical (unpaired) electrons. The first-order chi connectivity index (χ1) is 9.97. The number of para-hydroxylation sites is 1. The average Bonchev–Trinajstić information content (AvgIpc) is 2.89. The Morgan fingerprint density at radius 2 is 2.14 bits per heavy atom. The highest BCUT2D eigenvalue weighted by Gasteiger charge is 2.45. The highest BCUT2D eigenvalue weighted by atomic mass is 35.5. The monoisotopic (exact) mass is 321 g/mol. The topological polar surface area (TPSA) is 70.9 Å². The van der Waals surface area contributed by atoms with E-state index in [1.807, 2.05) is 24.4 Å². The summed E-state index contributed by atoms with van der Waals surface area (Å²) in [6, 6.07) is 7.58. The van der Waals surface area contributed by atoms with Crippen LogP contribution in [0.15, 0.2) is 30.5 Å². The lowest BCUT2D eigenvalue weighted by Crippen LogP contribution is -2.42. The van der Waals surface area contributed by atoms with Gasteiger partial charge in [0.25, 0.3) is 0 Å². The van der Waals surface area contributed by atoms with Crippen LogP contribution in [0, 0.1) is 11.3 Å². The SMILES string of the molecule is CC1(C)CC1CNC(=O)[C@@H](N)Cc1c[nH]c2ccccc12.Cl. The van der Waals surface area contributed by atoms with Crippen LogP contribution in [-0.2, 0) is 11.2 Å². The van der Waals surface area contributed by atoms with Gasteiger partial charge in [0.2, 0.25) is 5.91 Å². The molecule has 1 aromatic heterocycles. The van der Waals surface area contributed by atoms with Crippen molar-refractivity contribution in [1.29, 1.82) is 0 Å². The van der Waals surface area contributed by atoms with Gasteiger partial charge in [0.1, 0.15) is 0 Å². The molecule has 1 fully saturated rings. The Morgan fingerprint density at radius 1 is 1.45 bits per heavy atom. The fraction of sp³-hybridized carbons (Fsp3) is 0.471. The number of aromatic amines is 1. The van der Waals surface area contributed by atoms with Crippen molar-refractivity contribution in [1.82, 2.24) is 10.3 Å². The summed E-state index contributed by atoms with van der Waals surface area (Å²) in [6.07, 6.45) is 3.69. The van der Waals surface area contributed by atoms with Crippen LogP contribution in [-0.4, -0.2) is 23.5 Å². The first-order valence-corrected chi connectivity index (χ1v) is 7.55. The molecule has 3 rings (SSSR count). The third-order valence-electron chi connectivity index (χ3n) is 4.69. The second-order valence-electron chi connectivity index (χ2n) is 6.80. The molecule has 0 saturated heterocycles. The van der Waals surface area contributed by atoms with E-state index in [9.17, 15) is 4.79 Å². The molecule has 22 heavy (non-hydrogen) atoms. The number of carbonyl (C=O) groups excluding carboxylic acids is 1. The summed E-state index contributed by atoms with van der Waals surface area (Å²) >= 11 is 0. The van der Waals surface area contributed by atoms with Gasteiger partial charge in [-0.05, 0) is 35.8 Å². The summed E-state index contributed by atoms with van der Waals surface area (Å²) in [4.78, 5) is 15.3. The van der Waals surface area contributed by atoms with Crippen LogP contribution in [0.4, 0.5) is 0 Å². The van der Waals surface area contributed by atoms with Crippen molar-refractivity contribution in [2.75, 3.05) is 6.54 Å². The maximum Gasteiger partial charge on any atom is 0.237 e. The summed E-state index contributed by atoms with van der Waals surface area (Å²) < 4.78 is 0. The fourth-order valence-corrected chi connectivity index (χ4v) is 2.91. The molecule has 0 bridgehead atoms. The molecule has 4 N–H and O–H groups in total. The third kappa shape index (κ3) is 3.45. The predicted molar refractivity (Wildman–Crippen MR) is 92.1 cm³/mol. The van der Waals surface area contributed by atoms with Gasteiger partial charge >= 0.3 is 0 Å². The van der Waals surface area contributed by atoms with Crippen LogP contribution in [0.25, 0.3) is 10.9 Å². The summed E-state index contributed by atoms with van der Waals surface area (Å²) in [6.45, 7) is 5.21. The number of fused-ring (bicyclic) bond motifs is 1. The maximum atomic E-state index is 12.1. The summed E-state index contributed by atoms with van der Waals surface area (Å²) in [5.41, 5.74) is 8.61. The minimum absolute atomic E-state index is 0. The molecule has 4 nitrogen and oxygen atoms in total. The smallest absolute Gasteiger partial charge is 0.237 e. The summed E-state index contributed by atoms with van der Waals surface area (Å²) in [5.74, 6) is 0.546. The van der Waals surface area contributed by atoms with Crippen LogP contribution >= 0.6 is 12.4 Å². The number of nitrogens with two attached hydrogens (primary N) is 1. The molecule has 5 heteroatoms. The summed E-state index contributed by atoms with van der Waals surface area (Å²) in [7, 11) is 0. The van der Waals surface area contributed by atoms with Crippen molar-refractivity contribution in [2.45, 2.75) is 32.7 Å². The lowest BCUT2D eigenvalue weighted by atomic mass is 10.0. The van der Waals surface area contributed by atoms with E-state index in [-0.39, 0.29) is 18.3 Å². The number of rotatable bonds is 5. The number of nitrogens with one attached hydrogen (secondary N) is 2. The van der Waals surface area contributed by atoms with E-state index < -0.39 is 6.04 Å². The molecule has 1 aliphatic rings. The lowest BCUT2D eigenvalue weighted by molar-refractivity contribution is -0.122. The number of aromatic nitrogens is 1. The first-order valence-electron chi connectivity index (χ1n) is 7.55. The number of amides is 1.